The van der Waals surface area contributed by atoms with Crippen LogP contribution < -0.4 is 10.6 Å². The summed E-state index contributed by atoms with van der Waals surface area (Å²) < 4.78 is 76.0. The van der Waals surface area contributed by atoms with Gasteiger partial charge in [0.05, 0.1) is 11.1 Å². The van der Waals surface area contributed by atoms with Gasteiger partial charge in [-0.15, -0.1) is 0 Å². The first-order chi connectivity index (χ1) is 15.4. The Kier molecular flexibility index (Phi) is 5.88. The third kappa shape index (κ3) is 4.99. The van der Waals surface area contributed by atoms with Crippen molar-refractivity contribution in [3.8, 4) is 0 Å². The van der Waals surface area contributed by atoms with Crippen molar-refractivity contribution >= 4 is 11.8 Å². The number of rotatable bonds is 4. The average Bonchev–Trinajstić information content (AvgIpc) is 3.32. The van der Waals surface area contributed by atoms with Crippen molar-refractivity contribution in [2.45, 2.75) is 43.7 Å². The van der Waals surface area contributed by atoms with Crippen molar-refractivity contribution in [3.63, 3.8) is 0 Å². The number of hydrogen-bond acceptors (Lipinski definition) is 2. The third-order valence-electron chi connectivity index (χ3n) is 6.44. The molecule has 4 unspecified atom stereocenters. The Morgan fingerprint density at radius 1 is 0.606 bits per heavy atom. The fourth-order valence-electron chi connectivity index (χ4n) is 4.75. The first-order valence-electron chi connectivity index (χ1n) is 10.4. The molecule has 2 saturated carbocycles. The van der Waals surface area contributed by atoms with Gasteiger partial charge in [-0.2, -0.15) is 26.3 Å². The molecule has 2 aliphatic carbocycles. The minimum absolute atomic E-state index is 0.103. The lowest BCUT2D eigenvalue weighted by atomic mass is 9.90. The van der Waals surface area contributed by atoms with Gasteiger partial charge in [0.2, 0.25) is 0 Å². The molecule has 2 bridgehead atoms. The van der Waals surface area contributed by atoms with E-state index in [4.69, 9.17) is 0 Å². The molecule has 0 aliphatic heterocycles. The Labute approximate surface area is 185 Å². The van der Waals surface area contributed by atoms with Crippen LogP contribution in [0.4, 0.5) is 26.3 Å². The first-order valence-corrected chi connectivity index (χ1v) is 10.4. The summed E-state index contributed by atoms with van der Waals surface area (Å²) in [6, 6.07) is 7.71. The van der Waals surface area contributed by atoms with Crippen molar-refractivity contribution < 1.29 is 35.9 Å². The van der Waals surface area contributed by atoms with E-state index in [9.17, 15) is 35.9 Å². The largest absolute Gasteiger partial charge is 0.416 e. The molecule has 0 spiro atoms. The molecule has 2 aromatic rings. The monoisotopic (exact) mass is 470 g/mol. The molecule has 4 nitrogen and oxygen atoms in total. The number of benzene rings is 2. The molecule has 4 atom stereocenters. The van der Waals surface area contributed by atoms with Gasteiger partial charge < -0.3 is 10.6 Å². The average molecular weight is 470 g/mol. The molecular weight excluding hydrogens is 450 g/mol. The van der Waals surface area contributed by atoms with Gasteiger partial charge >= 0.3 is 12.4 Å². The third-order valence-corrected chi connectivity index (χ3v) is 6.44. The normalized spacial score (nSPS) is 24.5. The van der Waals surface area contributed by atoms with Gasteiger partial charge in [0.1, 0.15) is 0 Å². The highest BCUT2D eigenvalue weighted by molar-refractivity contribution is 5.95. The molecule has 2 amide bonds. The van der Waals surface area contributed by atoms with Crippen molar-refractivity contribution in [3.05, 3.63) is 70.8 Å². The predicted molar refractivity (Wildman–Crippen MR) is 106 cm³/mol. The van der Waals surface area contributed by atoms with Gasteiger partial charge in [0.25, 0.3) is 11.8 Å². The first kappa shape index (κ1) is 23.1. The Morgan fingerprint density at radius 2 is 0.939 bits per heavy atom. The fraction of sp³-hybridized carbons (Fsp3) is 0.391. The van der Waals surface area contributed by atoms with E-state index in [1.54, 1.807) is 0 Å². The van der Waals surface area contributed by atoms with Crippen LogP contribution in [0.25, 0.3) is 0 Å². The van der Waals surface area contributed by atoms with Gasteiger partial charge in [-0.3, -0.25) is 9.59 Å². The SMILES string of the molecule is O=C(NC1CC2CC1CC2NC(=O)c1ccc(C(F)(F)F)cc1)c1ccc(C(F)(F)F)cc1. The molecule has 33 heavy (non-hydrogen) atoms. The van der Waals surface area contributed by atoms with Crippen LogP contribution in [0.1, 0.15) is 51.1 Å². The summed E-state index contributed by atoms with van der Waals surface area (Å²) in [6.45, 7) is 0. The number of carbonyl (C=O) groups is 2. The number of carbonyl (C=O) groups excluding carboxylic acids is 2. The number of nitrogens with one attached hydrogen (secondary N) is 2. The summed E-state index contributed by atoms with van der Waals surface area (Å²) in [6.07, 6.45) is -6.96. The van der Waals surface area contributed by atoms with Gasteiger partial charge in [-0.25, -0.2) is 0 Å². The summed E-state index contributed by atoms with van der Waals surface area (Å²) >= 11 is 0. The van der Waals surface area contributed by atoms with Crippen LogP contribution in [0.2, 0.25) is 0 Å². The minimum atomic E-state index is -4.47. The molecule has 0 aromatic heterocycles. The van der Waals surface area contributed by atoms with Crippen molar-refractivity contribution in [1.29, 1.82) is 0 Å². The van der Waals surface area contributed by atoms with E-state index in [0.717, 1.165) is 55.0 Å². The smallest absolute Gasteiger partial charge is 0.349 e. The summed E-state index contributed by atoms with van der Waals surface area (Å²) in [4.78, 5) is 24.9. The highest BCUT2D eigenvalue weighted by atomic mass is 19.4. The van der Waals surface area contributed by atoms with Gasteiger partial charge in [0, 0.05) is 23.2 Å². The van der Waals surface area contributed by atoms with E-state index in [2.05, 4.69) is 10.6 Å². The lowest BCUT2D eigenvalue weighted by molar-refractivity contribution is -0.138. The van der Waals surface area contributed by atoms with Crippen LogP contribution in [0, 0.1) is 11.8 Å². The van der Waals surface area contributed by atoms with E-state index < -0.39 is 35.3 Å². The number of amides is 2. The van der Waals surface area contributed by atoms with Crippen molar-refractivity contribution in [2.75, 3.05) is 0 Å². The molecule has 10 heteroatoms. The molecule has 0 saturated heterocycles. The summed E-state index contributed by atoms with van der Waals surface area (Å²) in [5.74, 6) is -0.698. The molecule has 2 aromatic carbocycles. The van der Waals surface area contributed by atoms with Crippen molar-refractivity contribution in [1.82, 2.24) is 10.6 Å². The van der Waals surface area contributed by atoms with E-state index in [0.29, 0.717) is 12.8 Å². The zero-order valence-corrected chi connectivity index (χ0v) is 17.1. The van der Waals surface area contributed by atoms with Gasteiger partial charge in [0.15, 0.2) is 0 Å². The molecule has 0 radical (unpaired) electrons. The summed E-state index contributed by atoms with van der Waals surface area (Å²) in [5.41, 5.74) is -1.38. The second-order valence-corrected chi connectivity index (χ2v) is 8.54. The lowest BCUT2D eigenvalue weighted by Crippen LogP contribution is -2.45. The quantitative estimate of drug-likeness (QED) is 0.615. The standard InChI is InChI=1S/C23H20F6N2O2/c24-22(25,26)16-5-1-12(2-6-16)20(32)30-18-10-15-9-14(18)11-19(15)31-21(33)13-3-7-17(8-4-13)23(27,28)29/h1-8,14-15,18-19H,9-11H2,(H,30,32)(H,31,33). The Morgan fingerprint density at radius 3 is 1.21 bits per heavy atom. The predicted octanol–water partition coefficient (Wildman–Crippen LogP) is 5.05. The summed E-state index contributed by atoms with van der Waals surface area (Å²) in [7, 11) is 0. The van der Waals surface area contributed by atoms with Crippen LogP contribution in [0.3, 0.4) is 0 Å². The zero-order valence-electron chi connectivity index (χ0n) is 17.1. The Bertz CT molecular complexity index is 947. The maximum atomic E-state index is 12.7. The van der Waals surface area contributed by atoms with Gasteiger partial charge in [-0.05, 0) is 79.6 Å². The Hall–Kier alpha value is -3.04. The number of hydrogen-bond donors (Lipinski definition) is 2. The number of halogens is 6. The second kappa shape index (κ2) is 8.39. The molecule has 4 rings (SSSR count). The zero-order chi connectivity index (χ0) is 24.0. The van der Waals surface area contributed by atoms with E-state index in [1.807, 2.05) is 0 Å². The van der Waals surface area contributed by atoms with Crippen LogP contribution in [0.5, 0.6) is 0 Å². The maximum absolute atomic E-state index is 12.7. The van der Waals surface area contributed by atoms with Crippen LogP contribution >= 0.6 is 0 Å². The molecule has 2 N–H and O–H groups in total. The maximum Gasteiger partial charge on any atom is 0.416 e. The molecule has 2 fully saturated rings. The Balaban J connectivity index is 1.31. The highest BCUT2D eigenvalue weighted by Crippen LogP contribution is 2.45. The summed E-state index contributed by atoms with van der Waals surface area (Å²) in [5, 5.41) is 5.74. The lowest BCUT2D eigenvalue weighted by Gasteiger charge is -2.29. The second-order valence-electron chi connectivity index (χ2n) is 8.54. The van der Waals surface area contributed by atoms with E-state index in [-0.39, 0.29) is 35.0 Å². The minimum Gasteiger partial charge on any atom is -0.349 e. The topological polar surface area (TPSA) is 58.2 Å². The van der Waals surface area contributed by atoms with Crippen LogP contribution in [-0.2, 0) is 12.4 Å². The molecular formula is C23H20F6N2O2. The highest BCUT2D eigenvalue weighted by Gasteiger charge is 2.47. The van der Waals surface area contributed by atoms with Gasteiger partial charge in [-0.1, -0.05) is 0 Å². The molecule has 0 heterocycles. The fourth-order valence-corrected chi connectivity index (χ4v) is 4.75. The number of alkyl halides is 6. The van der Waals surface area contributed by atoms with E-state index in [1.165, 1.54) is 0 Å². The van der Waals surface area contributed by atoms with Crippen LogP contribution in [-0.4, -0.2) is 23.9 Å². The van der Waals surface area contributed by atoms with Crippen molar-refractivity contribution in [2.24, 2.45) is 11.8 Å². The van der Waals surface area contributed by atoms with Crippen LogP contribution in [0.15, 0.2) is 48.5 Å². The molecule has 176 valence electrons. The molecule has 2 aliphatic rings. The number of fused-ring (bicyclic) bond motifs is 2. The van der Waals surface area contributed by atoms with E-state index >= 15 is 0 Å².